The maximum absolute atomic E-state index is 12.5. The fourth-order valence-corrected chi connectivity index (χ4v) is 2.70. The highest BCUT2D eigenvalue weighted by molar-refractivity contribution is 6.30. The normalized spacial score (nSPS) is 10.5. The Labute approximate surface area is 162 Å². The fourth-order valence-electron chi connectivity index (χ4n) is 2.49. The lowest BCUT2D eigenvalue weighted by atomic mass is 10.2. The van der Waals surface area contributed by atoms with Crippen molar-refractivity contribution < 1.29 is 18.7 Å². The molecule has 0 radical (unpaired) electrons. The van der Waals surface area contributed by atoms with E-state index >= 15 is 0 Å². The molecule has 1 amide bonds. The van der Waals surface area contributed by atoms with Crippen LogP contribution in [0.2, 0.25) is 5.02 Å². The van der Waals surface area contributed by atoms with Crippen LogP contribution in [0.4, 0.5) is 0 Å². The van der Waals surface area contributed by atoms with Crippen LogP contribution in [0.5, 0.6) is 11.5 Å². The van der Waals surface area contributed by atoms with E-state index in [9.17, 15) is 4.79 Å². The molecule has 0 N–H and O–H groups in total. The molecule has 1 heterocycles. The number of hydrogen-bond donors (Lipinski definition) is 0. The number of amides is 1. The van der Waals surface area contributed by atoms with E-state index in [2.05, 4.69) is 4.98 Å². The fraction of sp³-hybridized carbons (Fsp3) is 0.200. The van der Waals surface area contributed by atoms with Gasteiger partial charge in [-0.1, -0.05) is 29.8 Å². The number of aromatic nitrogens is 1. The standard InChI is InChI=1S/C20H19ClN2O4/c1-23(11-14-5-3-6-15(21)9-14)20(24)18-12-27-19(22-18)13-26-17-8-4-7-16(10-17)25-2/h3-10,12H,11,13H2,1-2H3. The highest BCUT2D eigenvalue weighted by Crippen LogP contribution is 2.20. The number of hydrogen-bond acceptors (Lipinski definition) is 5. The Morgan fingerprint density at radius 3 is 2.74 bits per heavy atom. The summed E-state index contributed by atoms with van der Waals surface area (Å²) in [5.74, 6) is 1.39. The van der Waals surface area contributed by atoms with Gasteiger partial charge in [0.1, 0.15) is 17.8 Å². The molecule has 0 aliphatic heterocycles. The SMILES string of the molecule is COc1cccc(OCc2nc(C(=O)N(C)Cc3cccc(Cl)c3)co2)c1. The summed E-state index contributed by atoms with van der Waals surface area (Å²) in [5, 5.41) is 0.631. The largest absolute Gasteiger partial charge is 0.497 e. The molecule has 7 heteroatoms. The number of methoxy groups -OCH3 is 1. The minimum Gasteiger partial charge on any atom is -0.497 e. The van der Waals surface area contributed by atoms with Crippen LogP contribution < -0.4 is 9.47 Å². The Bertz CT molecular complexity index is 926. The zero-order valence-electron chi connectivity index (χ0n) is 15.0. The second-order valence-corrected chi connectivity index (χ2v) is 6.32. The quantitative estimate of drug-likeness (QED) is 0.609. The number of oxazole rings is 1. The highest BCUT2D eigenvalue weighted by Gasteiger charge is 2.17. The van der Waals surface area contributed by atoms with E-state index in [1.807, 2.05) is 30.3 Å². The predicted molar refractivity (Wildman–Crippen MR) is 101 cm³/mol. The minimum atomic E-state index is -0.244. The molecule has 2 aromatic carbocycles. The number of halogens is 1. The Balaban J connectivity index is 1.59. The lowest BCUT2D eigenvalue weighted by Crippen LogP contribution is -2.26. The van der Waals surface area contributed by atoms with Gasteiger partial charge in [0.05, 0.1) is 7.11 Å². The lowest BCUT2D eigenvalue weighted by Gasteiger charge is -2.15. The first kappa shape index (κ1) is 18.8. The van der Waals surface area contributed by atoms with Crippen LogP contribution in [0, 0.1) is 0 Å². The van der Waals surface area contributed by atoms with Crippen LogP contribution >= 0.6 is 11.6 Å². The first-order valence-electron chi connectivity index (χ1n) is 8.26. The maximum Gasteiger partial charge on any atom is 0.275 e. The average Bonchev–Trinajstić information content (AvgIpc) is 3.15. The van der Waals surface area contributed by atoms with Gasteiger partial charge in [-0.15, -0.1) is 0 Å². The molecule has 3 rings (SSSR count). The Kier molecular flexibility index (Phi) is 5.98. The third kappa shape index (κ3) is 5.01. The molecule has 0 aliphatic carbocycles. The third-order valence-electron chi connectivity index (χ3n) is 3.83. The first-order valence-corrected chi connectivity index (χ1v) is 8.64. The average molecular weight is 387 g/mol. The molecule has 0 aliphatic rings. The number of carbonyl (C=O) groups excluding carboxylic acids is 1. The minimum absolute atomic E-state index is 0.110. The van der Waals surface area contributed by atoms with Crippen molar-refractivity contribution in [2.45, 2.75) is 13.2 Å². The zero-order chi connectivity index (χ0) is 19.2. The van der Waals surface area contributed by atoms with Crippen LogP contribution in [0.25, 0.3) is 0 Å². The number of rotatable bonds is 7. The lowest BCUT2D eigenvalue weighted by molar-refractivity contribution is 0.0779. The summed E-state index contributed by atoms with van der Waals surface area (Å²) in [5.41, 5.74) is 1.16. The van der Waals surface area contributed by atoms with Crippen molar-refractivity contribution in [3.8, 4) is 11.5 Å². The van der Waals surface area contributed by atoms with Gasteiger partial charge in [0.25, 0.3) is 5.91 Å². The third-order valence-corrected chi connectivity index (χ3v) is 4.06. The van der Waals surface area contributed by atoms with Crippen LogP contribution in [-0.4, -0.2) is 29.9 Å². The molecular formula is C20H19ClN2O4. The van der Waals surface area contributed by atoms with E-state index in [1.54, 1.807) is 37.3 Å². The number of benzene rings is 2. The van der Waals surface area contributed by atoms with Crippen LogP contribution in [0.3, 0.4) is 0 Å². The summed E-state index contributed by atoms with van der Waals surface area (Å²) in [6.07, 6.45) is 1.33. The molecular weight excluding hydrogens is 368 g/mol. The van der Waals surface area contributed by atoms with Gasteiger partial charge in [-0.3, -0.25) is 4.79 Å². The van der Waals surface area contributed by atoms with Gasteiger partial charge < -0.3 is 18.8 Å². The van der Waals surface area contributed by atoms with E-state index in [1.165, 1.54) is 6.26 Å². The molecule has 3 aromatic rings. The summed E-state index contributed by atoms with van der Waals surface area (Å²) in [6.45, 7) is 0.528. The van der Waals surface area contributed by atoms with Crippen LogP contribution in [0.1, 0.15) is 21.9 Å². The summed E-state index contributed by atoms with van der Waals surface area (Å²) in [7, 11) is 3.29. The molecule has 0 bridgehead atoms. The zero-order valence-corrected chi connectivity index (χ0v) is 15.8. The summed E-state index contributed by atoms with van der Waals surface area (Å²) < 4.78 is 16.1. The van der Waals surface area contributed by atoms with Crippen LogP contribution in [-0.2, 0) is 13.2 Å². The second kappa shape index (κ2) is 8.60. The summed E-state index contributed by atoms with van der Waals surface area (Å²) in [4.78, 5) is 18.3. The molecule has 0 saturated carbocycles. The Morgan fingerprint density at radius 2 is 1.96 bits per heavy atom. The van der Waals surface area contributed by atoms with Crippen molar-refractivity contribution in [3.05, 3.63) is 77.0 Å². The van der Waals surface area contributed by atoms with E-state index < -0.39 is 0 Å². The molecule has 27 heavy (non-hydrogen) atoms. The predicted octanol–water partition coefficient (Wildman–Crippen LogP) is 4.19. The smallest absolute Gasteiger partial charge is 0.275 e. The molecule has 0 spiro atoms. The molecule has 0 unspecified atom stereocenters. The summed E-state index contributed by atoms with van der Waals surface area (Å²) in [6, 6.07) is 14.6. The molecule has 140 valence electrons. The van der Waals surface area contributed by atoms with Crippen molar-refractivity contribution in [1.82, 2.24) is 9.88 Å². The number of nitrogens with zero attached hydrogens (tertiary/aromatic N) is 2. The number of ether oxygens (including phenoxy) is 2. The van der Waals surface area contributed by atoms with Crippen molar-refractivity contribution in [2.75, 3.05) is 14.2 Å². The Hall–Kier alpha value is -2.99. The first-order chi connectivity index (χ1) is 13.0. The molecule has 0 fully saturated rings. The van der Waals surface area contributed by atoms with Crippen molar-refractivity contribution >= 4 is 17.5 Å². The van der Waals surface area contributed by atoms with Gasteiger partial charge >= 0.3 is 0 Å². The van der Waals surface area contributed by atoms with Gasteiger partial charge in [0.15, 0.2) is 12.3 Å². The molecule has 0 atom stereocenters. The summed E-state index contributed by atoms with van der Waals surface area (Å²) >= 11 is 5.98. The van der Waals surface area contributed by atoms with Crippen molar-refractivity contribution in [3.63, 3.8) is 0 Å². The van der Waals surface area contributed by atoms with E-state index in [4.69, 9.17) is 25.5 Å². The van der Waals surface area contributed by atoms with E-state index in [-0.39, 0.29) is 18.2 Å². The van der Waals surface area contributed by atoms with Gasteiger partial charge in [-0.05, 0) is 29.8 Å². The van der Waals surface area contributed by atoms with E-state index in [0.29, 0.717) is 29.0 Å². The Morgan fingerprint density at radius 1 is 1.19 bits per heavy atom. The van der Waals surface area contributed by atoms with Crippen molar-refractivity contribution in [1.29, 1.82) is 0 Å². The highest BCUT2D eigenvalue weighted by atomic mass is 35.5. The van der Waals surface area contributed by atoms with Gasteiger partial charge in [-0.2, -0.15) is 0 Å². The van der Waals surface area contributed by atoms with Crippen molar-refractivity contribution in [2.24, 2.45) is 0 Å². The van der Waals surface area contributed by atoms with Gasteiger partial charge in [-0.25, -0.2) is 4.98 Å². The molecule has 6 nitrogen and oxygen atoms in total. The maximum atomic E-state index is 12.5. The number of carbonyl (C=O) groups is 1. The monoisotopic (exact) mass is 386 g/mol. The topological polar surface area (TPSA) is 64.8 Å². The second-order valence-electron chi connectivity index (χ2n) is 5.89. The van der Waals surface area contributed by atoms with Gasteiger partial charge in [0, 0.05) is 24.7 Å². The van der Waals surface area contributed by atoms with E-state index in [0.717, 1.165) is 5.56 Å². The molecule has 0 saturated heterocycles. The van der Waals surface area contributed by atoms with Crippen LogP contribution in [0.15, 0.2) is 59.2 Å². The molecule has 1 aromatic heterocycles. The van der Waals surface area contributed by atoms with Gasteiger partial charge in [0.2, 0.25) is 5.89 Å².